The predicted octanol–water partition coefficient (Wildman–Crippen LogP) is 3.78. The normalized spacial score (nSPS) is 19.5. The third-order valence-corrected chi connectivity index (χ3v) is 5.93. The molecule has 1 fully saturated rings. The summed E-state index contributed by atoms with van der Waals surface area (Å²) in [4.78, 5) is 2.41. The zero-order valence-corrected chi connectivity index (χ0v) is 16.0. The number of fused-ring (bicyclic) bond motifs is 1. The van der Waals surface area contributed by atoms with Crippen LogP contribution in [0.4, 0.5) is 0 Å². The van der Waals surface area contributed by atoms with Crippen LogP contribution >= 0.6 is 11.6 Å². The monoisotopic (exact) mass is 375 g/mol. The minimum absolute atomic E-state index is 0.395. The van der Waals surface area contributed by atoms with Gasteiger partial charge < -0.3 is 9.84 Å². The SMILES string of the molecule is COc1ccc(CN2CCCn3nc([C@@H](O)C4CCC4)cc3C2)cc1Cl. The molecule has 0 radical (unpaired) electrons. The summed E-state index contributed by atoms with van der Waals surface area (Å²) in [6, 6.07) is 8.07. The molecule has 1 atom stereocenters. The number of aliphatic hydroxyl groups excluding tert-OH is 1. The van der Waals surface area contributed by atoms with Crippen LogP contribution in [0.1, 0.15) is 48.7 Å². The number of aryl methyl sites for hydroxylation is 1. The number of halogens is 1. The van der Waals surface area contributed by atoms with Crippen molar-refractivity contribution in [2.45, 2.75) is 51.4 Å². The van der Waals surface area contributed by atoms with Crippen LogP contribution in [0.2, 0.25) is 5.02 Å². The standard InChI is InChI=1S/C20H26ClN3O2/c1-26-19-7-6-14(10-17(19)21)12-23-8-3-9-24-16(13-23)11-18(22-24)20(25)15-4-2-5-15/h6-7,10-11,15,20,25H,2-5,8-9,12-13H2,1H3/t20-/m0/s1. The molecule has 1 aromatic heterocycles. The molecule has 0 amide bonds. The molecule has 1 aliphatic carbocycles. The highest BCUT2D eigenvalue weighted by molar-refractivity contribution is 6.32. The molecule has 5 nitrogen and oxygen atoms in total. The minimum Gasteiger partial charge on any atom is -0.495 e. The number of benzene rings is 1. The van der Waals surface area contributed by atoms with Gasteiger partial charge in [-0.25, -0.2) is 0 Å². The number of methoxy groups -OCH3 is 1. The van der Waals surface area contributed by atoms with E-state index in [1.54, 1.807) is 7.11 Å². The number of aromatic nitrogens is 2. The van der Waals surface area contributed by atoms with E-state index in [-0.39, 0.29) is 0 Å². The van der Waals surface area contributed by atoms with Crippen molar-refractivity contribution in [2.75, 3.05) is 13.7 Å². The molecule has 2 heterocycles. The van der Waals surface area contributed by atoms with Crippen molar-refractivity contribution < 1.29 is 9.84 Å². The highest BCUT2D eigenvalue weighted by Gasteiger charge is 2.29. The van der Waals surface area contributed by atoms with E-state index in [9.17, 15) is 5.11 Å². The highest BCUT2D eigenvalue weighted by atomic mass is 35.5. The summed E-state index contributed by atoms with van der Waals surface area (Å²) < 4.78 is 7.32. The second kappa shape index (κ2) is 7.59. The lowest BCUT2D eigenvalue weighted by Crippen LogP contribution is -2.23. The lowest BCUT2D eigenvalue weighted by atomic mass is 9.80. The maximum atomic E-state index is 10.5. The van der Waals surface area contributed by atoms with Gasteiger partial charge in [0.15, 0.2) is 0 Å². The molecule has 26 heavy (non-hydrogen) atoms. The Hall–Kier alpha value is -1.56. The lowest BCUT2D eigenvalue weighted by Gasteiger charge is -2.29. The Bertz CT molecular complexity index is 772. The molecule has 1 N–H and O–H groups in total. The fraction of sp³-hybridized carbons (Fsp3) is 0.550. The summed E-state index contributed by atoms with van der Waals surface area (Å²) in [5.41, 5.74) is 3.22. The van der Waals surface area contributed by atoms with Crippen molar-refractivity contribution in [1.29, 1.82) is 0 Å². The van der Waals surface area contributed by atoms with E-state index in [2.05, 4.69) is 21.7 Å². The van der Waals surface area contributed by atoms with Gasteiger partial charge in [-0.15, -0.1) is 0 Å². The molecule has 0 spiro atoms. The van der Waals surface area contributed by atoms with Crippen LogP contribution in [0, 0.1) is 5.92 Å². The quantitative estimate of drug-likeness (QED) is 0.863. The maximum absolute atomic E-state index is 10.5. The zero-order chi connectivity index (χ0) is 18.1. The van der Waals surface area contributed by atoms with Gasteiger partial charge in [0.2, 0.25) is 0 Å². The van der Waals surface area contributed by atoms with Crippen LogP contribution in [-0.4, -0.2) is 33.4 Å². The molecular formula is C20H26ClN3O2. The fourth-order valence-corrected chi connectivity index (χ4v) is 4.17. The van der Waals surface area contributed by atoms with Gasteiger partial charge in [0.1, 0.15) is 11.9 Å². The average molecular weight is 376 g/mol. The van der Waals surface area contributed by atoms with Crippen LogP contribution in [0.15, 0.2) is 24.3 Å². The minimum atomic E-state index is -0.406. The molecule has 0 bridgehead atoms. The second-order valence-electron chi connectivity index (χ2n) is 7.45. The number of hydrogen-bond donors (Lipinski definition) is 1. The van der Waals surface area contributed by atoms with E-state index < -0.39 is 6.10 Å². The van der Waals surface area contributed by atoms with Gasteiger partial charge in [-0.1, -0.05) is 24.1 Å². The van der Waals surface area contributed by atoms with E-state index in [4.69, 9.17) is 21.4 Å². The van der Waals surface area contributed by atoms with Gasteiger partial charge in [0, 0.05) is 26.2 Å². The smallest absolute Gasteiger partial charge is 0.137 e. The van der Waals surface area contributed by atoms with E-state index in [0.717, 1.165) is 51.1 Å². The number of hydrogen-bond acceptors (Lipinski definition) is 4. The summed E-state index contributed by atoms with van der Waals surface area (Å²) in [5, 5.41) is 15.9. The first kappa shape index (κ1) is 17.8. The summed E-state index contributed by atoms with van der Waals surface area (Å²) >= 11 is 6.26. The van der Waals surface area contributed by atoms with E-state index >= 15 is 0 Å². The topological polar surface area (TPSA) is 50.5 Å². The fourth-order valence-electron chi connectivity index (χ4n) is 3.89. The first-order chi connectivity index (χ1) is 12.6. The van der Waals surface area contributed by atoms with Crippen LogP contribution in [0.5, 0.6) is 5.75 Å². The van der Waals surface area contributed by atoms with Gasteiger partial charge in [0.05, 0.1) is 23.5 Å². The van der Waals surface area contributed by atoms with E-state index in [1.807, 2.05) is 12.1 Å². The van der Waals surface area contributed by atoms with E-state index in [0.29, 0.717) is 16.7 Å². The molecule has 1 saturated carbocycles. The first-order valence-corrected chi connectivity index (χ1v) is 9.81. The third kappa shape index (κ3) is 3.61. The van der Waals surface area contributed by atoms with E-state index in [1.165, 1.54) is 17.7 Å². The number of ether oxygens (including phenoxy) is 1. The number of nitrogens with zero attached hydrogens (tertiary/aromatic N) is 3. The molecule has 1 aliphatic heterocycles. The molecule has 6 heteroatoms. The Morgan fingerprint density at radius 1 is 1.27 bits per heavy atom. The summed E-state index contributed by atoms with van der Waals surface area (Å²) in [6.07, 6.45) is 4.11. The predicted molar refractivity (Wildman–Crippen MR) is 101 cm³/mol. The van der Waals surface area contributed by atoms with Crippen molar-refractivity contribution in [3.8, 4) is 5.75 Å². The molecule has 0 unspecified atom stereocenters. The lowest BCUT2D eigenvalue weighted by molar-refractivity contribution is 0.0581. The molecular weight excluding hydrogens is 350 g/mol. The zero-order valence-electron chi connectivity index (χ0n) is 15.2. The van der Waals surface area contributed by atoms with Gasteiger partial charge in [-0.05, 0) is 48.9 Å². The van der Waals surface area contributed by atoms with Crippen LogP contribution in [0.25, 0.3) is 0 Å². The summed E-state index contributed by atoms with van der Waals surface area (Å²) in [7, 11) is 1.63. The average Bonchev–Trinajstić information content (AvgIpc) is 2.87. The Balaban J connectivity index is 1.47. The Morgan fingerprint density at radius 2 is 2.12 bits per heavy atom. The molecule has 2 aromatic rings. The Morgan fingerprint density at radius 3 is 2.81 bits per heavy atom. The second-order valence-corrected chi connectivity index (χ2v) is 7.86. The maximum Gasteiger partial charge on any atom is 0.137 e. The molecule has 140 valence electrons. The Labute approximate surface area is 159 Å². The first-order valence-electron chi connectivity index (χ1n) is 9.43. The van der Waals surface area contributed by atoms with Crippen LogP contribution < -0.4 is 4.74 Å². The molecule has 1 aromatic carbocycles. The summed E-state index contributed by atoms with van der Waals surface area (Å²) in [6.45, 7) is 3.61. The van der Waals surface area contributed by atoms with Crippen molar-refractivity contribution in [3.63, 3.8) is 0 Å². The third-order valence-electron chi connectivity index (χ3n) is 5.63. The van der Waals surface area contributed by atoms with Gasteiger partial charge in [-0.3, -0.25) is 9.58 Å². The number of aliphatic hydroxyl groups is 1. The summed E-state index contributed by atoms with van der Waals surface area (Å²) in [5.74, 6) is 1.10. The number of rotatable bonds is 5. The van der Waals surface area contributed by atoms with Crippen molar-refractivity contribution >= 4 is 11.6 Å². The van der Waals surface area contributed by atoms with Crippen LogP contribution in [-0.2, 0) is 19.6 Å². The van der Waals surface area contributed by atoms with Gasteiger partial charge in [0.25, 0.3) is 0 Å². The molecule has 2 aliphatic rings. The van der Waals surface area contributed by atoms with Crippen molar-refractivity contribution in [2.24, 2.45) is 5.92 Å². The van der Waals surface area contributed by atoms with Crippen LogP contribution in [0.3, 0.4) is 0 Å². The molecule has 4 rings (SSSR count). The Kier molecular flexibility index (Phi) is 5.20. The van der Waals surface area contributed by atoms with Crippen molar-refractivity contribution in [3.05, 3.63) is 46.2 Å². The van der Waals surface area contributed by atoms with Gasteiger partial charge >= 0.3 is 0 Å². The largest absolute Gasteiger partial charge is 0.495 e. The van der Waals surface area contributed by atoms with Gasteiger partial charge in [-0.2, -0.15) is 5.10 Å². The van der Waals surface area contributed by atoms with Crippen molar-refractivity contribution in [1.82, 2.24) is 14.7 Å². The molecule has 0 saturated heterocycles. The highest BCUT2D eigenvalue weighted by Crippen LogP contribution is 2.37.